The first kappa shape index (κ1) is 16.2. The monoisotopic (exact) mass is 307 g/mol. The lowest BCUT2D eigenvalue weighted by molar-refractivity contribution is -0.118. The lowest BCUT2D eigenvalue weighted by Crippen LogP contribution is -2.17. The van der Waals surface area contributed by atoms with E-state index in [2.05, 4.69) is 10.6 Å². The molecule has 0 saturated heterocycles. The van der Waals surface area contributed by atoms with Gasteiger partial charge >= 0.3 is 0 Å². The lowest BCUT2D eigenvalue weighted by Gasteiger charge is -2.09. The first-order chi connectivity index (χ1) is 11.0. The van der Waals surface area contributed by atoms with Gasteiger partial charge in [0, 0.05) is 22.9 Å². The van der Waals surface area contributed by atoms with Gasteiger partial charge in [0.2, 0.25) is 5.91 Å². The minimum absolute atomic E-state index is 0.0601. The smallest absolute Gasteiger partial charge is 0.255 e. The Balaban J connectivity index is 2.04. The van der Waals surface area contributed by atoms with Crippen LogP contribution < -0.4 is 10.6 Å². The Hall–Kier alpha value is -3.13. The number of nitrogens with zero attached hydrogens (tertiary/aromatic N) is 1. The second-order valence-electron chi connectivity index (χ2n) is 5.37. The molecule has 0 aliphatic heterocycles. The zero-order valence-corrected chi connectivity index (χ0v) is 13.0. The van der Waals surface area contributed by atoms with E-state index in [0.717, 1.165) is 0 Å². The van der Waals surface area contributed by atoms with Gasteiger partial charge in [-0.2, -0.15) is 5.26 Å². The quantitative estimate of drug-likeness (QED) is 0.908. The van der Waals surface area contributed by atoms with E-state index in [0.29, 0.717) is 22.5 Å². The Morgan fingerprint density at radius 1 is 1.00 bits per heavy atom. The van der Waals surface area contributed by atoms with Gasteiger partial charge < -0.3 is 10.6 Å². The van der Waals surface area contributed by atoms with Crippen molar-refractivity contribution in [2.24, 2.45) is 5.92 Å². The van der Waals surface area contributed by atoms with E-state index in [4.69, 9.17) is 5.26 Å². The molecule has 2 rings (SSSR count). The van der Waals surface area contributed by atoms with E-state index >= 15 is 0 Å². The van der Waals surface area contributed by atoms with Crippen LogP contribution in [0.3, 0.4) is 0 Å². The molecule has 0 fully saturated rings. The average molecular weight is 307 g/mol. The number of carbonyl (C=O) groups excluding carboxylic acids is 2. The van der Waals surface area contributed by atoms with Crippen LogP contribution in [0.5, 0.6) is 0 Å². The highest BCUT2D eigenvalue weighted by Gasteiger charge is 2.09. The number of hydrogen-bond donors (Lipinski definition) is 2. The summed E-state index contributed by atoms with van der Waals surface area (Å²) in [6.45, 7) is 3.64. The molecule has 0 aliphatic carbocycles. The van der Waals surface area contributed by atoms with Crippen LogP contribution in [0.2, 0.25) is 0 Å². The molecule has 0 aromatic heterocycles. The van der Waals surface area contributed by atoms with Crippen LogP contribution in [-0.2, 0) is 4.79 Å². The molecule has 0 bridgehead atoms. The lowest BCUT2D eigenvalue weighted by atomic mass is 10.1. The van der Waals surface area contributed by atoms with Gasteiger partial charge in [0.15, 0.2) is 0 Å². The molecule has 23 heavy (non-hydrogen) atoms. The molecular weight excluding hydrogens is 290 g/mol. The number of amides is 2. The number of anilines is 2. The second kappa shape index (κ2) is 7.23. The molecule has 5 heteroatoms. The molecule has 2 aromatic carbocycles. The van der Waals surface area contributed by atoms with Gasteiger partial charge in [-0.25, -0.2) is 0 Å². The highest BCUT2D eigenvalue weighted by atomic mass is 16.2. The first-order valence-electron chi connectivity index (χ1n) is 7.22. The highest BCUT2D eigenvalue weighted by Crippen LogP contribution is 2.16. The third-order valence-electron chi connectivity index (χ3n) is 3.19. The summed E-state index contributed by atoms with van der Waals surface area (Å²) < 4.78 is 0. The first-order valence-corrected chi connectivity index (χ1v) is 7.22. The third-order valence-corrected chi connectivity index (χ3v) is 3.19. The van der Waals surface area contributed by atoms with Crippen LogP contribution in [0.15, 0.2) is 48.5 Å². The number of carbonyl (C=O) groups is 2. The SMILES string of the molecule is CC(C)C(=O)Nc1ccc(NC(=O)c2cccc(C#N)c2)cc1. The molecule has 0 aliphatic rings. The largest absolute Gasteiger partial charge is 0.326 e. The number of nitrogens with one attached hydrogen (secondary N) is 2. The van der Waals surface area contributed by atoms with Crippen molar-refractivity contribution in [1.82, 2.24) is 0 Å². The Bertz CT molecular complexity index is 759. The fourth-order valence-electron chi connectivity index (χ4n) is 1.86. The Kier molecular flexibility index (Phi) is 5.11. The molecule has 0 heterocycles. The van der Waals surface area contributed by atoms with E-state index in [-0.39, 0.29) is 17.7 Å². The zero-order chi connectivity index (χ0) is 16.8. The number of nitriles is 1. The van der Waals surface area contributed by atoms with Crippen LogP contribution in [0.25, 0.3) is 0 Å². The summed E-state index contributed by atoms with van der Waals surface area (Å²) in [5.74, 6) is -0.446. The fourth-order valence-corrected chi connectivity index (χ4v) is 1.86. The number of rotatable bonds is 4. The maximum absolute atomic E-state index is 12.1. The van der Waals surface area contributed by atoms with Crippen LogP contribution in [0.1, 0.15) is 29.8 Å². The van der Waals surface area contributed by atoms with Crippen LogP contribution in [0.4, 0.5) is 11.4 Å². The summed E-state index contributed by atoms with van der Waals surface area (Å²) in [6, 6.07) is 15.4. The average Bonchev–Trinajstić information content (AvgIpc) is 2.56. The van der Waals surface area contributed by atoms with E-state index in [1.165, 1.54) is 6.07 Å². The van der Waals surface area contributed by atoms with Crippen molar-refractivity contribution in [2.45, 2.75) is 13.8 Å². The van der Waals surface area contributed by atoms with Crippen LogP contribution in [0, 0.1) is 17.2 Å². The molecule has 2 aromatic rings. The molecule has 0 radical (unpaired) electrons. The predicted octanol–water partition coefficient (Wildman–Crippen LogP) is 3.41. The summed E-state index contributed by atoms with van der Waals surface area (Å²) in [5.41, 5.74) is 2.14. The second-order valence-corrected chi connectivity index (χ2v) is 5.37. The van der Waals surface area contributed by atoms with Gasteiger partial charge in [-0.1, -0.05) is 19.9 Å². The van der Waals surface area contributed by atoms with Crippen molar-refractivity contribution in [3.05, 3.63) is 59.7 Å². The zero-order valence-electron chi connectivity index (χ0n) is 13.0. The van der Waals surface area contributed by atoms with Crippen LogP contribution >= 0.6 is 0 Å². The van der Waals surface area contributed by atoms with Crippen molar-refractivity contribution in [3.63, 3.8) is 0 Å². The molecule has 0 atom stereocenters. The van der Waals surface area contributed by atoms with Crippen LogP contribution in [-0.4, -0.2) is 11.8 Å². The minimum Gasteiger partial charge on any atom is -0.326 e. The minimum atomic E-state index is -0.291. The maximum atomic E-state index is 12.1. The Morgan fingerprint density at radius 3 is 2.17 bits per heavy atom. The molecule has 116 valence electrons. The van der Waals surface area contributed by atoms with Crippen molar-refractivity contribution in [1.29, 1.82) is 5.26 Å². The topological polar surface area (TPSA) is 82.0 Å². The summed E-state index contributed by atoms with van der Waals surface area (Å²) in [4.78, 5) is 23.8. The molecule has 0 unspecified atom stereocenters. The Labute approximate surface area is 134 Å². The molecule has 2 N–H and O–H groups in total. The predicted molar refractivity (Wildman–Crippen MR) is 89.0 cm³/mol. The van der Waals surface area contributed by atoms with Gasteiger partial charge in [-0.05, 0) is 42.5 Å². The van der Waals surface area contributed by atoms with E-state index in [1.54, 1.807) is 42.5 Å². The standard InChI is InChI=1S/C18H17N3O2/c1-12(2)17(22)20-15-6-8-16(9-7-15)21-18(23)14-5-3-4-13(10-14)11-19/h3-10,12H,1-2H3,(H,20,22)(H,21,23). The van der Waals surface area contributed by atoms with Crippen molar-refractivity contribution in [3.8, 4) is 6.07 Å². The van der Waals surface area contributed by atoms with E-state index in [9.17, 15) is 9.59 Å². The maximum Gasteiger partial charge on any atom is 0.255 e. The highest BCUT2D eigenvalue weighted by molar-refractivity contribution is 6.04. The van der Waals surface area contributed by atoms with Crippen molar-refractivity contribution >= 4 is 23.2 Å². The van der Waals surface area contributed by atoms with Gasteiger partial charge in [-0.3, -0.25) is 9.59 Å². The summed E-state index contributed by atoms with van der Waals surface area (Å²) in [7, 11) is 0. The van der Waals surface area contributed by atoms with Gasteiger partial charge in [-0.15, -0.1) is 0 Å². The normalized spacial score (nSPS) is 10.0. The summed E-state index contributed by atoms with van der Waals surface area (Å²) >= 11 is 0. The molecular formula is C18H17N3O2. The number of hydrogen-bond acceptors (Lipinski definition) is 3. The van der Waals surface area contributed by atoms with Crippen molar-refractivity contribution in [2.75, 3.05) is 10.6 Å². The van der Waals surface area contributed by atoms with Gasteiger partial charge in [0.05, 0.1) is 11.6 Å². The van der Waals surface area contributed by atoms with E-state index in [1.807, 2.05) is 19.9 Å². The van der Waals surface area contributed by atoms with Gasteiger partial charge in [0.1, 0.15) is 0 Å². The van der Waals surface area contributed by atoms with E-state index < -0.39 is 0 Å². The molecule has 5 nitrogen and oxygen atoms in total. The fraction of sp³-hybridized carbons (Fsp3) is 0.167. The third kappa shape index (κ3) is 4.42. The summed E-state index contributed by atoms with van der Waals surface area (Å²) in [6.07, 6.45) is 0. The molecule has 0 saturated carbocycles. The molecule has 0 spiro atoms. The Morgan fingerprint density at radius 2 is 1.61 bits per heavy atom. The van der Waals surface area contributed by atoms with Gasteiger partial charge in [0.25, 0.3) is 5.91 Å². The number of benzene rings is 2. The molecule has 2 amide bonds. The summed E-state index contributed by atoms with van der Waals surface area (Å²) in [5, 5.41) is 14.4. The van der Waals surface area contributed by atoms with Crippen molar-refractivity contribution < 1.29 is 9.59 Å².